The Morgan fingerprint density at radius 2 is 0.333 bits per heavy atom. The Hall–Kier alpha value is 2.22. The minimum Gasteiger partial charge on any atom is -0.311 e. The Balaban J connectivity index is -0.000000411. The molecule has 27 heavy (non-hydrogen) atoms. The second kappa shape index (κ2) is 10.7. The normalized spacial score (nSPS) is 14.7. The molecular weight excluding hydrogens is 521 g/mol. The minimum absolute atomic E-state index is 0. The monoisotopic (exact) mass is 576 g/mol. The smallest absolute Gasteiger partial charge is 0.311 e. The second-order valence-electron chi connectivity index (χ2n) is 14.2. The van der Waals surface area contributed by atoms with Crippen LogP contribution in [0, 0.1) is 9.58 Å². The molecule has 0 bridgehead atoms. The van der Waals surface area contributed by atoms with Crippen LogP contribution in [-0.2, 0) is 27.3 Å². The average Bonchev–Trinajstić information content (AvgIpc) is 1.97. The Bertz CT molecular complexity index is 314. The van der Waals surface area contributed by atoms with Gasteiger partial charge in [0.15, 0.2) is 0 Å². The second-order valence-corrected chi connectivity index (χ2v) is 47.2. The third kappa shape index (κ3) is 13.3. The molecule has 0 N–H and O–H groups in total. The Morgan fingerprint density at radius 3 is 0.333 bits per heavy atom. The van der Waals surface area contributed by atoms with Crippen molar-refractivity contribution in [3.63, 3.8) is 0 Å². The van der Waals surface area contributed by atoms with Crippen molar-refractivity contribution < 1.29 is 27.3 Å². The van der Waals surface area contributed by atoms with Crippen molar-refractivity contribution in [2.45, 2.75) is 118 Å². The standard InChI is InChI=1S/2C10H27Si3.Cd/c2*1-11(2,3)10(12(4,5)6)13(7,8)9;/h2*1-9H3;/q2*-1;+2. The van der Waals surface area contributed by atoms with Gasteiger partial charge in [-0.15, -0.1) is 48.4 Å². The van der Waals surface area contributed by atoms with E-state index >= 15 is 0 Å². The summed E-state index contributed by atoms with van der Waals surface area (Å²) in [5.41, 5.74) is 0. The van der Waals surface area contributed by atoms with Gasteiger partial charge < -0.3 is 9.58 Å². The summed E-state index contributed by atoms with van der Waals surface area (Å²) in [4.78, 5) is 4.12. The fourth-order valence-corrected chi connectivity index (χ4v) is 60.8. The molecule has 0 amide bonds. The average molecular weight is 576 g/mol. The van der Waals surface area contributed by atoms with Gasteiger partial charge in [-0.1, -0.05) is 118 Å². The molecule has 0 aliphatic carbocycles. The fourth-order valence-electron chi connectivity index (χ4n) is 6.75. The molecule has 0 saturated heterocycles. The summed E-state index contributed by atoms with van der Waals surface area (Å²) in [6.45, 7) is 45.5. The van der Waals surface area contributed by atoms with Crippen LogP contribution in [0.1, 0.15) is 0 Å². The van der Waals surface area contributed by atoms with Gasteiger partial charge in [0.1, 0.15) is 0 Å². The van der Waals surface area contributed by atoms with Crippen LogP contribution in [0.4, 0.5) is 0 Å². The first-order valence-electron chi connectivity index (χ1n) is 10.5. The zero-order valence-corrected chi connectivity index (χ0v) is 32.7. The Kier molecular flexibility index (Phi) is 13.4. The van der Waals surface area contributed by atoms with Gasteiger partial charge in [-0.25, -0.2) is 0 Å². The molecular formula is C20H54CdSi6. The number of hydrogen-bond acceptors (Lipinski definition) is 0. The van der Waals surface area contributed by atoms with Gasteiger partial charge in [0.2, 0.25) is 0 Å². The van der Waals surface area contributed by atoms with E-state index < -0.39 is 48.4 Å². The molecule has 160 valence electrons. The van der Waals surface area contributed by atoms with E-state index in [1.54, 1.807) is 0 Å². The van der Waals surface area contributed by atoms with E-state index in [-0.39, 0.29) is 27.3 Å². The molecule has 0 unspecified atom stereocenters. The molecule has 0 aromatic rings. The fraction of sp³-hybridized carbons (Fsp3) is 0.900. The molecule has 0 aliphatic heterocycles. The van der Waals surface area contributed by atoms with Gasteiger partial charge >= 0.3 is 27.3 Å². The van der Waals surface area contributed by atoms with E-state index in [9.17, 15) is 0 Å². The summed E-state index contributed by atoms with van der Waals surface area (Å²) >= 11 is 0. The maximum Gasteiger partial charge on any atom is 2.00 e. The zero-order chi connectivity index (χ0) is 22.2. The first-order chi connectivity index (χ1) is 10.7. The molecule has 0 rings (SSSR count). The van der Waals surface area contributed by atoms with Crippen LogP contribution in [0.25, 0.3) is 0 Å². The molecule has 0 aromatic carbocycles. The van der Waals surface area contributed by atoms with E-state index in [1.807, 2.05) is 0 Å². The van der Waals surface area contributed by atoms with Gasteiger partial charge in [0, 0.05) is 0 Å². The van der Waals surface area contributed by atoms with Gasteiger partial charge in [0.05, 0.1) is 0 Å². The van der Waals surface area contributed by atoms with Crippen molar-refractivity contribution in [1.82, 2.24) is 0 Å². The van der Waals surface area contributed by atoms with Crippen molar-refractivity contribution in [2.75, 3.05) is 0 Å². The first-order valence-corrected chi connectivity index (χ1v) is 31.5. The summed E-state index contributed by atoms with van der Waals surface area (Å²) in [6.07, 6.45) is 0. The summed E-state index contributed by atoms with van der Waals surface area (Å²) in [7, 11) is -6.10. The van der Waals surface area contributed by atoms with Crippen LogP contribution in [-0.4, -0.2) is 48.4 Å². The molecule has 0 heterocycles. The zero-order valence-electron chi connectivity index (χ0n) is 22.7. The molecule has 0 spiro atoms. The van der Waals surface area contributed by atoms with E-state index in [4.69, 9.17) is 0 Å². The molecule has 0 aromatic heterocycles. The van der Waals surface area contributed by atoms with Crippen LogP contribution in [0.5, 0.6) is 0 Å². The molecule has 7 heteroatoms. The van der Waals surface area contributed by atoms with E-state index in [1.165, 1.54) is 0 Å². The molecule has 0 radical (unpaired) electrons. The largest absolute Gasteiger partial charge is 2.00 e. The van der Waals surface area contributed by atoms with Gasteiger partial charge in [0.25, 0.3) is 0 Å². The number of rotatable bonds is 6. The van der Waals surface area contributed by atoms with Crippen LogP contribution < -0.4 is 0 Å². The molecule has 0 aliphatic rings. The van der Waals surface area contributed by atoms with E-state index in [0.29, 0.717) is 0 Å². The van der Waals surface area contributed by atoms with Crippen molar-refractivity contribution in [3.05, 3.63) is 9.58 Å². The first kappa shape index (κ1) is 33.9. The quantitative estimate of drug-likeness (QED) is 0.221. The van der Waals surface area contributed by atoms with Crippen molar-refractivity contribution in [2.24, 2.45) is 0 Å². The number of hydrogen-bond donors (Lipinski definition) is 0. The summed E-state index contributed by atoms with van der Waals surface area (Å²) in [6, 6.07) is 0. The summed E-state index contributed by atoms with van der Waals surface area (Å²) < 4.78 is 0. The molecule has 0 fully saturated rings. The third-order valence-electron chi connectivity index (χ3n) is 4.50. The summed E-state index contributed by atoms with van der Waals surface area (Å²) in [5, 5.41) is 0. The minimum atomic E-state index is -1.02. The van der Waals surface area contributed by atoms with Crippen LogP contribution >= 0.6 is 0 Å². The van der Waals surface area contributed by atoms with Crippen molar-refractivity contribution >= 4 is 48.4 Å². The predicted molar refractivity (Wildman–Crippen MR) is 147 cm³/mol. The Labute approximate surface area is 201 Å². The van der Waals surface area contributed by atoms with Crippen molar-refractivity contribution in [3.8, 4) is 0 Å². The van der Waals surface area contributed by atoms with E-state index in [2.05, 4.69) is 127 Å². The predicted octanol–water partition coefficient (Wildman–Crippen LogP) is 8.38. The van der Waals surface area contributed by atoms with Crippen LogP contribution in [0.2, 0.25) is 118 Å². The molecule has 0 saturated carbocycles. The topological polar surface area (TPSA) is 0 Å². The third-order valence-corrected chi connectivity index (χ3v) is 40.5. The molecule has 0 nitrogen and oxygen atoms in total. The van der Waals surface area contributed by atoms with Crippen LogP contribution in [0.3, 0.4) is 0 Å². The van der Waals surface area contributed by atoms with Crippen molar-refractivity contribution in [1.29, 1.82) is 0 Å². The van der Waals surface area contributed by atoms with Gasteiger partial charge in [-0.05, 0) is 0 Å². The maximum absolute atomic E-state index is 2.53. The Morgan fingerprint density at radius 1 is 0.259 bits per heavy atom. The van der Waals surface area contributed by atoms with E-state index in [0.717, 1.165) is 0 Å². The SMILES string of the molecule is C[Si](C)(C)[C-]([Si](C)(C)C)[Si](C)(C)C.C[Si](C)(C)[C-]([Si](C)(C)C)[Si](C)(C)C.[Cd+2]. The molecule has 0 atom stereocenters. The van der Waals surface area contributed by atoms with Crippen LogP contribution in [0.15, 0.2) is 0 Å². The van der Waals surface area contributed by atoms with Gasteiger partial charge in [-0.2, -0.15) is 0 Å². The summed E-state index contributed by atoms with van der Waals surface area (Å²) in [5.74, 6) is 0. The maximum atomic E-state index is 2.53. The van der Waals surface area contributed by atoms with Gasteiger partial charge in [-0.3, -0.25) is 0 Å².